The first-order chi connectivity index (χ1) is 7.11. The molecule has 2 nitrogen and oxygen atoms in total. The van der Waals surface area contributed by atoms with Gasteiger partial charge in [0.2, 0.25) is 0 Å². The SMILES string of the molecule is CCC(CN)C(O)c1cccc(F)c1Cl. The van der Waals surface area contributed by atoms with Crippen LogP contribution in [0.3, 0.4) is 0 Å². The largest absolute Gasteiger partial charge is 0.388 e. The van der Waals surface area contributed by atoms with Crippen molar-refractivity contribution in [3.8, 4) is 0 Å². The summed E-state index contributed by atoms with van der Waals surface area (Å²) >= 11 is 5.77. The highest BCUT2D eigenvalue weighted by molar-refractivity contribution is 6.31. The third-order valence-electron chi connectivity index (χ3n) is 2.57. The van der Waals surface area contributed by atoms with Crippen molar-refractivity contribution in [3.05, 3.63) is 34.6 Å². The molecule has 4 heteroatoms. The molecule has 0 amide bonds. The molecule has 1 rings (SSSR count). The van der Waals surface area contributed by atoms with Crippen LogP contribution >= 0.6 is 11.6 Å². The van der Waals surface area contributed by atoms with Gasteiger partial charge in [0.15, 0.2) is 0 Å². The smallest absolute Gasteiger partial charge is 0.142 e. The van der Waals surface area contributed by atoms with Crippen LogP contribution in [0.2, 0.25) is 5.02 Å². The maximum Gasteiger partial charge on any atom is 0.142 e. The molecule has 0 aliphatic rings. The van der Waals surface area contributed by atoms with Crippen LogP contribution in [0.15, 0.2) is 18.2 Å². The Morgan fingerprint density at radius 3 is 2.73 bits per heavy atom. The summed E-state index contributed by atoms with van der Waals surface area (Å²) in [6, 6.07) is 4.42. The van der Waals surface area contributed by atoms with Gasteiger partial charge in [-0.05, 0) is 19.0 Å². The van der Waals surface area contributed by atoms with E-state index in [-0.39, 0.29) is 10.9 Å². The number of aliphatic hydroxyl groups is 1. The normalized spacial score (nSPS) is 15.0. The van der Waals surface area contributed by atoms with E-state index in [4.69, 9.17) is 17.3 Å². The Hall–Kier alpha value is -0.640. The molecular weight excluding hydrogens is 217 g/mol. The number of nitrogens with two attached hydrogens (primary N) is 1. The van der Waals surface area contributed by atoms with Gasteiger partial charge in [-0.25, -0.2) is 4.39 Å². The molecule has 1 aromatic rings. The first-order valence-electron chi connectivity index (χ1n) is 4.93. The molecule has 0 aromatic heterocycles. The third-order valence-corrected chi connectivity index (χ3v) is 2.97. The first kappa shape index (κ1) is 12.4. The first-order valence-corrected chi connectivity index (χ1v) is 5.31. The zero-order chi connectivity index (χ0) is 11.4. The van der Waals surface area contributed by atoms with E-state index in [0.717, 1.165) is 6.42 Å². The highest BCUT2D eigenvalue weighted by Crippen LogP contribution is 2.30. The van der Waals surface area contributed by atoms with Crippen LogP contribution in [0, 0.1) is 11.7 Å². The molecule has 15 heavy (non-hydrogen) atoms. The fraction of sp³-hybridized carbons (Fsp3) is 0.455. The van der Waals surface area contributed by atoms with Crippen molar-refractivity contribution < 1.29 is 9.50 Å². The van der Waals surface area contributed by atoms with Gasteiger partial charge in [0.05, 0.1) is 11.1 Å². The van der Waals surface area contributed by atoms with Gasteiger partial charge < -0.3 is 10.8 Å². The summed E-state index contributed by atoms with van der Waals surface area (Å²) in [6.45, 7) is 2.28. The van der Waals surface area contributed by atoms with Crippen molar-refractivity contribution in [3.63, 3.8) is 0 Å². The molecule has 2 unspecified atom stereocenters. The van der Waals surface area contributed by atoms with E-state index in [9.17, 15) is 9.50 Å². The Bertz CT molecular complexity index is 328. The Labute approximate surface area is 93.9 Å². The van der Waals surface area contributed by atoms with Crippen molar-refractivity contribution in [2.45, 2.75) is 19.4 Å². The van der Waals surface area contributed by atoms with Crippen molar-refractivity contribution >= 4 is 11.6 Å². The molecule has 0 heterocycles. The number of aliphatic hydroxyl groups excluding tert-OH is 1. The molecular formula is C11H15ClFNO. The monoisotopic (exact) mass is 231 g/mol. The summed E-state index contributed by atoms with van der Waals surface area (Å²) in [5, 5.41) is 9.94. The zero-order valence-corrected chi connectivity index (χ0v) is 9.34. The Morgan fingerprint density at radius 1 is 1.53 bits per heavy atom. The van der Waals surface area contributed by atoms with E-state index >= 15 is 0 Å². The highest BCUT2D eigenvalue weighted by Gasteiger charge is 2.21. The summed E-state index contributed by atoms with van der Waals surface area (Å²) in [4.78, 5) is 0. The minimum absolute atomic E-state index is 0.0168. The maximum atomic E-state index is 13.1. The maximum absolute atomic E-state index is 13.1. The van der Waals surface area contributed by atoms with Gasteiger partial charge in [-0.2, -0.15) is 0 Å². The van der Waals surface area contributed by atoms with Gasteiger partial charge in [0, 0.05) is 11.5 Å². The quantitative estimate of drug-likeness (QED) is 0.837. The molecule has 0 aliphatic heterocycles. The number of hydrogen-bond donors (Lipinski definition) is 2. The fourth-order valence-electron chi connectivity index (χ4n) is 1.52. The fourth-order valence-corrected chi connectivity index (χ4v) is 1.76. The number of halogens is 2. The van der Waals surface area contributed by atoms with Gasteiger partial charge in [0.1, 0.15) is 5.82 Å². The van der Waals surface area contributed by atoms with Crippen LogP contribution in [-0.2, 0) is 0 Å². The topological polar surface area (TPSA) is 46.2 Å². The van der Waals surface area contributed by atoms with Crippen LogP contribution in [0.4, 0.5) is 4.39 Å². The van der Waals surface area contributed by atoms with Crippen LogP contribution in [0.5, 0.6) is 0 Å². The van der Waals surface area contributed by atoms with Crippen molar-refractivity contribution in [1.82, 2.24) is 0 Å². The van der Waals surface area contributed by atoms with Crippen LogP contribution < -0.4 is 5.73 Å². The van der Waals surface area contributed by atoms with Crippen molar-refractivity contribution in [1.29, 1.82) is 0 Å². The van der Waals surface area contributed by atoms with E-state index in [1.807, 2.05) is 6.92 Å². The molecule has 0 aliphatic carbocycles. The summed E-state index contributed by atoms with van der Waals surface area (Å²) in [5.41, 5.74) is 5.92. The summed E-state index contributed by atoms with van der Waals surface area (Å²) in [5.74, 6) is -0.607. The van der Waals surface area contributed by atoms with E-state index in [2.05, 4.69) is 0 Å². The lowest BCUT2D eigenvalue weighted by Gasteiger charge is -2.21. The lowest BCUT2D eigenvalue weighted by atomic mass is 9.93. The van der Waals surface area contributed by atoms with Gasteiger partial charge in [0.25, 0.3) is 0 Å². The van der Waals surface area contributed by atoms with E-state index < -0.39 is 11.9 Å². The third kappa shape index (κ3) is 2.68. The van der Waals surface area contributed by atoms with E-state index in [0.29, 0.717) is 12.1 Å². The molecule has 1 aromatic carbocycles. The molecule has 0 radical (unpaired) electrons. The molecule has 2 atom stereocenters. The second kappa shape index (κ2) is 5.45. The predicted octanol–water partition coefficient (Wildman–Crippen LogP) is 2.50. The van der Waals surface area contributed by atoms with E-state index in [1.165, 1.54) is 12.1 Å². The molecule has 0 spiro atoms. The van der Waals surface area contributed by atoms with Crippen LogP contribution in [0.1, 0.15) is 25.0 Å². The van der Waals surface area contributed by atoms with Crippen LogP contribution in [0.25, 0.3) is 0 Å². The number of benzene rings is 1. The molecule has 0 saturated heterocycles. The lowest BCUT2D eigenvalue weighted by molar-refractivity contribution is 0.110. The van der Waals surface area contributed by atoms with Gasteiger partial charge in [-0.15, -0.1) is 0 Å². The highest BCUT2D eigenvalue weighted by atomic mass is 35.5. The lowest BCUT2D eigenvalue weighted by Crippen LogP contribution is -2.21. The average Bonchev–Trinajstić information content (AvgIpc) is 2.23. The van der Waals surface area contributed by atoms with Gasteiger partial charge in [-0.1, -0.05) is 30.7 Å². The summed E-state index contributed by atoms with van der Waals surface area (Å²) in [6.07, 6.45) is -0.0759. The number of hydrogen-bond acceptors (Lipinski definition) is 2. The van der Waals surface area contributed by atoms with Crippen LogP contribution in [-0.4, -0.2) is 11.7 Å². The second-order valence-corrected chi connectivity index (χ2v) is 3.87. The minimum atomic E-state index is -0.803. The zero-order valence-electron chi connectivity index (χ0n) is 8.58. The molecule has 0 saturated carbocycles. The molecule has 3 N–H and O–H groups in total. The van der Waals surface area contributed by atoms with Gasteiger partial charge in [-0.3, -0.25) is 0 Å². The Morgan fingerprint density at radius 2 is 2.20 bits per heavy atom. The Balaban J connectivity index is 2.99. The molecule has 84 valence electrons. The predicted molar refractivity (Wildman–Crippen MR) is 59.2 cm³/mol. The molecule has 0 fully saturated rings. The van der Waals surface area contributed by atoms with Gasteiger partial charge >= 0.3 is 0 Å². The van der Waals surface area contributed by atoms with Crippen molar-refractivity contribution in [2.24, 2.45) is 11.7 Å². The Kier molecular flexibility index (Phi) is 4.51. The second-order valence-electron chi connectivity index (χ2n) is 3.49. The van der Waals surface area contributed by atoms with E-state index in [1.54, 1.807) is 6.07 Å². The van der Waals surface area contributed by atoms with Crippen molar-refractivity contribution in [2.75, 3.05) is 6.54 Å². The minimum Gasteiger partial charge on any atom is -0.388 e. The number of rotatable bonds is 4. The standard InChI is InChI=1S/C11H15ClFNO/c1-2-7(6-14)11(15)8-4-3-5-9(13)10(8)12/h3-5,7,11,15H,2,6,14H2,1H3. The summed E-state index contributed by atoms with van der Waals surface area (Å²) < 4.78 is 13.1. The average molecular weight is 232 g/mol. The summed E-state index contributed by atoms with van der Waals surface area (Å²) in [7, 11) is 0. The molecule has 0 bridgehead atoms.